The van der Waals surface area contributed by atoms with E-state index in [9.17, 15) is 9.18 Å². The van der Waals surface area contributed by atoms with Crippen LogP contribution >= 0.6 is 0 Å². The number of amides is 1. The maximum atomic E-state index is 14.0. The SMILES string of the molecule is CCOc1ccccc1N1CCN(CC(=O)N2CCN(c3ccccc3F)CC2)CC1. The van der Waals surface area contributed by atoms with Crippen molar-refractivity contribution in [1.82, 2.24) is 9.80 Å². The van der Waals surface area contributed by atoms with Crippen LogP contribution in [0.3, 0.4) is 0 Å². The van der Waals surface area contributed by atoms with Crippen LogP contribution in [0.5, 0.6) is 5.75 Å². The van der Waals surface area contributed by atoms with E-state index in [0.717, 1.165) is 37.6 Å². The van der Waals surface area contributed by atoms with Crippen LogP contribution in [0.1, 0.15) is 6.92 Å². The summed E-state index contributed by atoms with van der Waals surface area (Å²) in [5.41, 5.74) is 1.75. The van der Waals surface area contributed by atoms with Gasteiger partial charge in [0.25, 0.3) is 0 Å². The van der Waals surface area contributed by atoms with Crippen molar-refractivity contribution in [1.29, 1.82) is 0 Å². The maximum Gasteiger partial charge on any atom is 0.236 e. The maximum absolute atomic E-state index is 14.0. The van der Waals surface area contributed by atoms with E-state index in [-0.39, 0.29) is 11.7 Å². The fourth-order valence-electron chi connectivity index (χ4n) is 4.34. The number of rotatable bonds is 6. The van der Waals surface area contributed by atoms with Gasteiger partial charge in [-0.25, -0.2) is 4.39 Å². The summed E-state index contributed by atoms with van der Waals surface area (Å²) in [5, 5.41) is 0. The molecule has 2 fully saturated rings. The Morgan fingerprint density at radius 2 is 1.42 bits per heavy atom. The Morgan fingerprint density at radius 1 is 0.839 bits per heavy atom. The van der Waals surface area contributed by atoms with Gasteiger partial charge in [-0.3, -0.25) is 9.69 Å². The van der Waals surface area contributed by atoms with Gasteiger partial charge in [-0.2, -0.15) is 0 Å². The van der Waals surface area contributed by atoms with Crippen molar-refractivity contribution in [2.24, 2.45) is 0 Å². The van der Waals surface area contributed by atoms with Gasteiger partial charge in [-0.1, -0.05) is 24.3 Å². The van der Waals surface area contributed by atoms with Gasteiger partial charge in [-0.15, -0.1) is 0 Å². The van der Waals surface area contributed by atoms with Crippen LogP contribution < -0.4 is 14.5 Å². The molecule has 0 saturated carbocycles. The molecule has 2 heterocycles. The molecular weight excluding hydrogens is 395 g/mol. The summed E-state index contributed by atoms with van der Waals surface area (Å²) in [4.78, 5) is 21.3. The molecule has 0 N–H and O–H groups in total. The quantitative estimate of drug-likeness (QED) is 0.710. The number of hydrogen-bond donors (Lipinski definition) is 0. The molecule has 2 aromatic rings. The van der Waals surface area contributed by atoms with E-state index < -0.39 is 0 Å². The van der Waals surface area contributed by atoms with Crippen molar-refractivity contribution in [3.8, 4) is 5.75 Å². The second-order valence-corrected chi connectivity index (χ2v) is 7.98. The summed E-state index contributed by atoms with van der Waals surface area (Å²) in [6, 6.07) is 15.0. The molecule has 0 bridgehead atoms. The van der Waals surface area contributed by atoms with Gasteiger partial charge in [-0.05, 0) is 31.2 Å². The lowest BCUT2D eigenvalue weighted by atomic mass is 10.2. The third kappa shape index (κ3) is 5.10. The summed E-state index contributed by atoms with van der Waals surface area (Å²) in [5.74, 6) is 0.879. The number of anilines is 2. The van der Waals surface area contributed by atoms with E-state index >= 15 is 0 Å². The van der Waals surface area contributed by atoms with Gasteiger partial charge in [0.05, 0.1) is 24.5 Å². The predicted molar refractivity (Wildman–Crippen MR) is 121 cm³/mol. The van der Waals surface area contributed by atoms with Gasteiger partial charge in [0.1, 0.15) is 11.6 Å². The molecule has 2 aliphatic rings. The van der Waals surface area contributed by atoms with Crippen molar-refractivity contribution in [2.75, 3.05) is 75.3 Å². The molecule has 0 spiro atoms. The third-order valence-electron chi connectivity index (χ3n) is 6.06. The van der Waals surface area contributed by atoms with E-state index in [1.807, 2.05) is 41.0 Å². The summed E-state index contributed by atoms with van der Waals surface area (Å²) in [6.07, 6.45) is 0. The molecule has 7 heteroatoms. The third-order valence-corrected chi connectivity index (χ3v) is 6.06. The van der Waals surface area contributed by atoms with Crippen molar-refractivity contribution < 1.29 is 13.9 Å². The zero-order valence-corrected chi connectivity index (χ0v) is 18.2. The fourth-order valence-corrected chi connectivity index (χ4v) is 4.34. The Morgan fingerprint density at radius 3 is 2.10 bits per heavy atom. The standard InChI is InChI=1S/C24H31FN4O2/c1-2-31-23-10-6-5-9-22(23)28-13-11-26(12-14-28)19-24(30)29-17-15-27(16-18-29)21-8-4-3-7-20(21)25/h3-10H,2,11-19H2,1H3. The topological polar surface area (TPSA) is 39.3 Å². The van der Waals surface area contributed by atoms with E-state index in [1.165, 1.54) is 6.07 Å². The summed E-state index contributed by atoms with van der Waals surface area (Å²) in [7, 11) is 0. The molecule has 166 valence electrons. The number of benzene rings is 2. The number of hydrogen-bond acceptors (Lipinski definition) is 5. The number of ether oxygens (including phenoxy) is 1. The number of carbonyl (C=O) groups is 1. The van der Waals surface area contributed by atoms with Crippen LogP contribution in [0.4, 0.5) is 15.8 Å². The largest absolute Gasteiger partial charge is 0.492 e. The molecule has 0 unspecified atom stereocenters. The van der Waals surface area contributed by atoms with E-state index in [0.29, 0.717) is 45.0 Å². The first kappa shape index (κ1) is 21.4. The van der Waals surface area contributed by atoms with Crippen LogP contribution in [0, 0.1) is 5.82 Å². The van der Waals surface area contributed by atoms with Gasteiger partial charge in [0, 0.05) is 52.4 Å². The van der Waals surface area contributed by atoms with Crippen LogP contribution in [0.2, 0.25) is 0 Å². The number of nitrogens with zero attached hydrogens (tertiary/aromatic N) is 4. The first-order valence-electron chi connectivity index (χ1n) is 11.1. The van der Waals surface area contributed by atoms with Crippen LogP contribution in [-0.4, -0.2) is 81.2 Å². The van der Waals surface area contributed by atoms with Crippen LogP contribution in [0.25, 0.3) is 0 Å². The molecule has 2 saturated heterocycles. The normalized spacial score (nSPS) is 17.7. The van der Waals surface area contributed by atoms with Crippen LogP contribution in [-0.2, 0) is 4.79 Å². The van der Waals surface area contributed by atoms with E-state index in [1.54, 1.807) is 12.1 Å². The summed E-state index contributed by atoms with van der Waals surface area (Å²) >= 11 is 0. The monoisotopic (exact) mass is 426 g/mol. The van der Waals surface area contributed by atoms with E-state index in [2.05, 4.69) is 15.9 Å². The van der Waals surface area contributed by atoms with Crippen molar-refractivity contribution in [2.45, 2.75) is 6.92 Å². The zero-order chi connectivity index (χ0) is 21.6. The lowest BCUT2D eigenvalue weighted by molar-refractivity contribution is -0.132. The first-order chi connectivity index (χ1) is 15.2. The zero-order valence-electron chi connectivity index (χ0n) is 18.2. The Kier molecular flexibility index (Phi) is 6.92. The smallest absolute Gasteiger partial charge is 0.236 e. The first-order valence-corrected chi connectivity index (χ1v) is 11.1. The molecule has 0 radical (unpaired) electrons. The molecule has 2 aliphatic heterocycles. The minimum atomic E-state index is -0.203. The number of carbonyl (C=O) groups excluding carboxylic acids is 1. The molecule has 6 nitrogen and oxygen atoms in total. The number of halogens is 1. The number of para-hydroxylation sites is 3. The van der Waals surface area contributed by atoms with Crippen molar-refractivity contribution >= 4 is 17.3 Å². The second-order valence-electron chi connectivity index (χ2n) is 7.98. The van der Waals surface area contributed by atoms with Crippen molar-refractivity contribution in [3.05, 3.63) is 54.3 Å². The molecular formula is C24H31FN4O2. The summed E-state index contributed by atoms with van der Waals surface area (Å²) in [6.45, 7) is 9.12. The summed E-state index contributed by atoms with van der Waals surface area (Å²) < 4.78 is 19.8. The fraction of sp³-hybridized carbons (Fsp3) is 0.458. The van der Waals surface area contributed by atoms with Crippen LogP contribution in [0.15, 0.2) is 48.5 Å². The Bertz CT molecular complexity index is 877. The highest BCUT2D eigenvalue weighted by Gasteiger charge is 2.26. The highest BCUT2D eigenvalue weighted by atomic mass is 19.1. The van der Waals surface area contributed by atoms with Gasteiger partial charge in [0.15, 0.2) is 0 Å². The second kappa shape index (κ2) is 10.0. The molecule has 0 aliphatic carbocycles. The van der Waals surface area contributed by atoms with Gasteiger partial charge < -0.3 is 19.4 Å². The highest BCUT2D eigenvalue weighted by molar-refractivity contribution is 5.78. The minimum Gasteiger partial charge on any atom is -0.492 e. The minimum absolute atomic E-state index is 0.163. The van der Waals surface area contributed by atoms with Gasteiger partial charge >= 0.3 is 0 Å². The number of piperazine rings is 2. The lowest BCUT2D eigenvalue weighted by Crippen LogP contribution is -2.54. The van der Waals surface area contributed by atoms with Gasteiger partial charge in [0.2, 0.25) is 5.91 Å². The lowest BCUT2D eigenvalue weighted by Gasteiger charge is -2.39. The van der Waals surface area contributed by atoms with E-state index in [4.69, 9.17) is 4.74 Å². The molecule has 2 aromatic carbocycles. The highest BCUT2D eigenvalue weighted by Crippen LogP contribution is 2.28. The predicted octanol–water partition coefficient (Wildman–Crippen LogP) is 2.70. The average molecular weight is 427 g/mol. The molecule has 31 heavy (non-hydrogen) atoms. The molecule has 0 aromatic heterocycles. The van der Waals surface area contributed by atoms with Crippen molar-refractivity contribution in [3.63, 3.8) is 0 Å². The Hall–Kier alpha value is -2.80. The molecule has 4 rings (SSSR count). The Balaban J connectivity index is 1.25. The molecule has 0 atom stereocenters. The average Bonchev–Trinajstić information content (AvgIpc) is 2.81. The molecule has 1 amide bonds. The Labute approximate surface area is 183 Å².